The normalized spacial score (nSPS) is 18.9. The van der Waals surface area contributed by atoms with E-state index in [0.29, 0.717) is 23.1 Å². The Bertz CT molecular complexity index is 978. The van der Waals surface area contributed by atoms with Crippen molar-refractivity contribution in [1.29, 1.82) is 0 Å². The van der Waals surface area contributed by atoms with Crippen molar-refractivity contribution >= 4 is 34.0 Å². The molecule has 2 unspecified atom stereocenters. The first-order valence-corrected chi connectivity index (χ1v) is 10.0. The third-order valence-corrected chi connectivity index (χ3v) is 5.94. The minimum atomic E-state index is -0.332. The zero-order valence-electron chi connectivity index (χ0n) is 14.8. The maximum absolute atomic E-state index is 13.2. The van der Waals surface area contributed by atoms with Crippen LogP contribution >= 0.6 is 22.9 Å². The molecule has 1 aliphatic heterocycles. The molecule has 4 rings (SSSR count). The van der Waals surface area contributed by atoms with Crippen molar-refractivity contribution in [3.8, 4) is 0 Å². The van der Waals surface area contributed by atoms with Crippen LogP contribution in [0.4, 0.5) is 9.52 Å². The molecule has 1 amide bonds. The Hall–Kier alpha value is -2.32. The fraction of sp³-hybridized carbons (Fsp3) is 0.200. The van der Waals surface area contributed by atoms with Gasteiger partial charge in [0.15, 0.2) is 5.13 Å². The maximum atomic E-state index is 13.2. The van der Waals surface area contributed by atoms with Gasteiger partial charge in [0, 0.05) is 29.1 Å². The molecule has 3 N–H and O–H groups in total. The number of hydrogen-bond acceptors (Lipinski definition) is 5. The van der Waals surface area contributed by atoms with Crippen LogP contribution in [0.5, 0.6) is 0 Å². The molecule has 1 aromatic heterocycles. The second kappa shape index (κ2) is 8.36. The van der Waals surface area contributed by atoms with E-state index < -0.39 is 0 Å². The van der Waals surface area contributed by atoms with Gasteiger partial charge < -0.3 is 5.32 Å². The first kappa shape index (κ1) is 19.0. The van der Waals surface area contributed by atoms with Crippen molar-refractivity contribution in [2.75, 3.05) is 11.9 Å². The number of nitrogens with one attached hydrogen (secondary N) is 3. The van der Waals surface area contributed by atoms with Crippen molar-refractivity contribution in [1.82, 2.24) is 15.8 Å². The number of aromatic nitrogens is 1. The van der Waals surface area contributed by atoms with Gasteiger partial charge in [-0.05, 0) is 29.3 Å². The van der Waals surface area contributed by atoms with Gasteiger partial charge in [0.05, 0.1) is 12.0 Å². The predicted octanol–water partition coefficient (Wildman–Crippen LogP) is 3.93. The van der Waals surface area contributed by atoms with Crippen molar-refractivity contribution in [2.24, 2.45) is 5.92 Å². The lowest BCUT2D eigenvalue weighted by Crippen LogP contribution is -2.29. The Kier molecular flexibility index (Phi) is 5.68. The Morgan fingerprint density at radius 2 is 2.04 bits per heavy atom. The zero-order valence-corrected chi connectivity index (χ0v) is 16.4. The summed E-state index contributed by atoms with van der Waals surface area (Å²) in [5, 5.41) is 4.16. The standard InChI is InChI=1S/C20H18ClFN4OS/c21-17-4-2-1-3-13(17)9-15-10-23-20(28-15)25-19(27)16-11-24-26-18(16)12-5-7-14(22)8-6-12/h1-8,10,16,18,24,26H,9,11H2,(H,23,25,27). The molecule has 2 aromatic carbocycles. The average Bonchev–Trinajstić information content (AvgIpc) is 3.34. The summed E-state index contributed by atoms with van der Waals surface area (Å²) < 4.78 is 13.2. The molecule has 0 spiro atoms. The maximum Gasteiger partial charge on any atom is 0.232 e. The Morgan fingerprint density at radius 1 is 1.25 bits per heavy atom. The lowest BCUT2D eigenvalue weighted by molar-refractivity contribution is -0.119. The number of thiazole rings is 1. The van der Waals surface area contributed by atoms with Gasteiger partial charge in [0.1, 0.15) is 5.82 Å². The highest BCUT2D eigenvalue weighted by atomic mass is 35.5. The van der Waals surface area contributed by atoms with E-state index in [1.807, 2.05) is 24.3 Å². The molecular weight excluding hydrogens is 399 g/mol. The van der Waals surface area contributed by atoms with Gasteiger partial charge in [-0.2, -0.15) is 0 Å². The van der Waals surface area contributed by atoms with E-state index in [-0.39, 0.29) is 23.7 Å². The molecule has 2 heterocycles. The van der Waals surface area contributed by atoms with E-state index in [9.17, 15) is 9.18 Å². The summed E-state index contributed by atoms with van der Waals surface area (Å²) >= 11 is 7.64. The molecule has 28 heavy (non-hydrogen) atoms. The number of carbonyl (C=O) groups excluding carboxylic acids is 1. The highest BCUT2D eigenvalue weighted by molar-refractivity contribution is 7.15. The molecule has 1 aliphatic rings. The number of rotatable bonds is 5. The highest BCUT2D eigenvalue weighted by Crippen LogP contribution is 2.28. The van der Waals surface area contributed by atoms with Crippen LogP contribution in [0.15, 0.2) is 54.7 Å². The Balaban J connectivity index is 1.43. The van der Waals surface area contributed by atoms with Crippen LogP contribution in [-0.2, 0) is 11.2 Å². The summed E-state index contributed by atoms with van der Waals surface area (Å²) in [6.07, 6.45) is 2.42. The third-order valence-electron chi connectivity index (χ3n) is 4.65. The first-order valence-electron chi connectivity index (χ1n) is 8.83. The minimum absolute atomic E-state index is 0.134. The molecule has 0 radical (unpaired) electrons. The second-order valence-electron chi connectivity index (χ2n) is 6.55. The van der Waals surface area contributed by atoms with Gasteiger partial charge in [-0.15, -0.1) is 11.3 Å². The lowest BCUT2D eigenvalue weighted by Gasteiger charge is -2.17. The Labute approximate surface area is 170 Å². The first-order chi connectivity index (χ1) is 13.6. The summed E-state index contributed by atoms with van der Waals surface area (Å²) in [5.74, 6) is -0.767. The second-order valence-corrected chi connectivity index (χ2v) is 8.07. The fourth-order valence-electron chi connectivity index (χ4n) is 3.20. The predicted molar refractivity (Wildman–Crippen MR) is 109 cm³/mol. The summed E-state index contributed by atoms with van der Waals surface area (Å²) in [6, 6.07) is 13.6. The van der Waals surface area contributed by atoms with Gasteiger partial charge in [-0.1, -0.05) is 41.9 Å². The fourth-order valence-corrected chi connectivity index (χ4v) is 4.24. The summed E-state index contributed by atoms with van der Waals surface area (Å²) in [5.41, 5.74) is 7.97. The van der Waals surface area contributed by atoms with Crippen molar-refractivity contribution in [3.63, 3.8) is 0 Å². The van der Waals surface area contributed by atoms with Crippen LogP contribution in [0.1, 0.15) is 22.0 Å². The van der Waals surface area contributed by atoms with Crippen molar-refractivity contribution in [3.05, 3.63) is 81.6 Å². The number of hydrazine groups is 1. The molecule has 0 aliphatic carbocycles. The van der Waals surface area contributed by atoms with Gasteiger partial charge in [-0.25, -0.2) is 14.8 Å². The zero-order chi connectivity index (χ0) is 19.5. The van der Waals surface area contributed by atoms with E-state index in [1.165, 1.54) is 23.5 Å². The topological polar surface area (TPSA) is 66.0 Å². The van der Waals surface area contributed by atoms with Crippen LogP contribution < -0.4 is 16.2 Å². The monoisotopic (exact) mass is 416 g/mol. The van der Waals surface area contributed by atoms with Crippen LogP contribution in [0.2, 0.25) is 5.02 Å². The number of amides is 1. The van der Waals surface area contributed by atoms with Crippen molar-refractivity contribution < 1.29 is 9.18 Å². The number of benzene rings is 2. The van der Waals surface area contributed by atoms with Gasteiger partial charge in [0.25, 0.3) is 0 Å². The Morgan fingerprint density at radius 3 is 2.82 bits per heavy atom. The van der Waals surface area contributed by atoms with Crippen LogP contribution in [-0.4, -0.2) is 17.4 Å². The quantitative estimate of drug-likeness (QED) is 0.589. The number of hydrogen-bond donors (Lipinski definition) is 3. The third kappa shape index (κ3) is 4.23. The molecule has 1 fully saturated rings. The van der Waals surface area contributed by atoms with Crippen LogP contribution in [0.3, 0.4) is 0 Å². The van der Waals surface area contributed by atoms with Gasteiger partial charge >= 0.3 is 0 Å². The average molecular weight is 417 g/mol. The summed E-state index contributed by atoms with van der Waals surface area (Å²) in [7, 11) is 0. The van der Waals surface area contributed by atoms with E-state index in [1.54, 1.807) is 18.3 Å². The molecule has 1 saturated heterocycles. The molecular formula is C20H18ClFN4OS. The molecule has 8 heteroatoms. The van der Waals surface area contributed by atoms with Crippen molar-refractivity contribution in [2.45, 2.75) is 12.5 Å². The number of carbonyl (C=O) groups is 1. The van der Waals surface area contributed by atoms with Gasteiger partial charge in [0.2, 0.25) is 5.91 Å². The van der Waals surface area contributed by atoms with E-state index in [4.69, 9.17) is 11.6 Å². The van der Waals surface area contributed by atoms with E-state index >= 15 is 0 Å². The molecule has 5 nitrogen and oxygen atoms in total. The smallest absolute Gasteiger partial charge is 0.232 e. The summed E-state index contributed by atoms with van der Waals surface area (Å²) in [4.78, 5) is 18.1. The molecule has 0 bridgehead atoms. The van der Waals surface area contributed by atoms with E-state index in [0.717, 1.165) is 16.0 Å². The minimum Gasteiger partial charge on any atom is -0.302 e. The molecule has 144 valence electrons. The number of anilines is 1. The summed E-state index contributed by atoms with van der Waals surface area (Å²) in [6.45, 7) is 0.478. The van der Waals surface area contributed by atoms with E-state index in [2.05, 4.69) is 21.2 Å². The number of halogens is 2. The van der Waals surface area contributed by atoms with Crippen LogP contribution in [0, 0.1) is 11.7 Å². The number of nitrogens with zero attached hydrogens (tertiary/aromatic N) is 1. The molecule has 0 saturated carbocycles. The molecule has 3 aromatic rings. The van der Waals surface area contributed by atoms with Crippen LogP contribution in [0.25, 0.3) is 0 Å². The van der Waals surface area contributed by atoms with Gasteiger partial charge in [-0.3, -0.25) is 10.2 Å². The highest BCUT2D eigenvalue weighted by Gasteiger charge is 2.34. The lowest BCUT2D eigenvalue weighted by atomic mass is 9.94. The SMILES string of the molecule is O=C(Nc1ncc(Cc2ccccc2Cl)s1)C1CNNC1c1ccc(F)cc1. The molecule has 2 atom stereocenters. The largest absolute Gasteiger partial charge is 0.302 e.